The van der Waals surface area contributed by atoms with Crippen LogP contribution in [0.25, 0.3) is 0 Å². The number of allylic oxidation sites excluding steroid dienone is 3. The zero-order valence-electron chi connectivity index (χ0n) is 25.5. The minimum Gasteiger partial charge on any atom is -0.393 e. The monoisotopic (exact) mass is 596 g/mol. The molecule has 0 unspecified atom stereocenters. The quantitative estimate of drug-likeness (QED) is 0.117. The number of nitrogens with one attached hydrogen (secondary N) is 4. The maximum absolute atomic E-state index is 13.5. The van der Waals surface area contributed by atoms with E-state index in [2.05, 4.69) is 35.1 Å². The van der Waals surface area contributed by atoms with Crippen molar-refractivity contribution >= 4 is 23.6 Å². The Labute approximate surface area is 255 Å². The number of unbranched alkanes of at least 4 members (excludes halogenated alkanes) is 3. The Morgan fingerprint density at radius 3 is 2.56 bits per heavy atom. The number of benzene rings is 1. The molecule has 6 N–H and O–H groups in total. The van der Waals surface area contributed by atoms with Crippen LogP contribution in [0.5, 0.6) is 0 Å². The average molecular weight is 597 g/mol. The second-order valence-electron chi connectivity index (χ2n) is 11.3. The second kappa shape index (κ2) is 19.4. The Morgan fingerprint density at radius 2 is 1.84 bits per heavy atom. The molecule has 1 aliphatic rings. The van der Waals surface area contributed by atoms with Crippen molar-refractivity contribution in [2.75, 3.05) is 6.54 Å². The molecule has 1 aromatic rings. The van der Waals surface area contributed by atoms with E-state index in [4.69, 9.17) is 0 Å². The van der Waals surface area contributed by atoms with E-state index in [1.165, 1.54) is 31.1 Å². The molecule has 0 saturated carbocycles. The Bertz CT molecular complexity index is 1120. The summed E-state index contributed by atoms with van der Waals surface area (Å²) < 4.78 is 0. The summed E-state index contributed by atoms with van der Waals surface area (Å²) in [5.74, 6) is -1.58. The van der Waals surface area contributed by atoms with Gasteiger partial charge >= 0.3 is 0 Å². The van der Waals surface area contributed by atoms with Crippen molar-refractivity contribution in [3.63, 3.8) is 0 Å². The zero-order valence-corrected chi connectivity index (χ0v) is 25.5. The van der Waals surface area contributed by atoms with Crippen LogP contribution in [0.15, 0.2) is 66.8 Å². The highest BCUT2D eigenvalue weighted by Gasteiger charge is 2.33. The lowest BCUT2D eigenvalue weighted by Crippen LogP contribution is -2.56. The lowest BCUT2D eigenvalue weighted by Gasteiger charge is -2.28. The molecule has 1 heterocycles. The Hall–Kier alpha value is -3.76. The maximum atomic E-state index is 13.5. The van der Waals surface area contributed by atoms with Crippen LogP contribution in [-0.4, -0.2) is 64.6 Å². The van der Waals surface area contributed by atoms with E-state index in [1.807, 2.05) is 6.08 Å². The van der Waals surface area contributed by atoms with Crippen LogP contribution in [0, 0.1) is 5.92 Å². The topological polar surface area (TPSA) is 157 Å². The summed E-state index contributed by atoms with van der Waals surface area (Å²) in [4.78, 5) is 51.2. The van der Waals surface area contributed by atoms with Gasteiger partial charge in [0.2, 0.25) is 23.6 Å². The van der Waals surface area contributed by atoms with E-state index in [-0.39, 0.29) is 25.3 Å². The van der Waals surface area contributed by atoms with Crippen LogP contribution in [0.3, 0.4) is 0 Å². The molecular weight excluding hydrogens is 548 g/mol. The van der Waals surface area contributed by atoms with Crippen molar-refractivity contribution < 1.29 is 29.4 Å². The molecule has 1 aromatic carbocycles. The molecule has 0 radical (unpaired) electrons. The fourth-order valence-corrected chi connectivity index (χ4v) is 4.55. The molecule has 0 spiro atoms. The first-order chi connectivity index (χ1) is 20.6. The molecule has 0 fully saturated rings. The third kappa shape index (κ3) is 14.3. The molecule has 0 bridgehead atoms. The van der Waals surface area contributed by atoms with Crippen LogP contribution < -0.4 is 21.3 Å². The van der Waals surface area contributed by atoms with E-state index in [1.54, 1.807) is 49.4 Å². The first-order valence-electron chi connectivity index (χ1n) is 15.2. The first kappa shape index (κ1) is 35.4. The third-order valence-corrected chi connectivity index (χ3v) is 7.01. The summed E-state index contributed by atoms with van der Waals surface area (Å²) in [5.41, 5.74) is 0.405. The number of hydrogen-bond donors (Lipinski definition) is 6. The fraction of sp³-hybridized carbons (Fsp3) is 0.515. The average Bonchev–Trinajstić information content (AvgIpc) is 2.97. The van der Waals surface area contributed by atoms with Gasteiger partial charge in [0.05, 0.1) is 6.10 Å². The van der Waals surface area contributed by atoms with Gasteiger partial charge in [-0.05, 0) is 37.7 Å². The van der Waals surface area contributed by atoms with Crippen LogP contribution in [0.2, 0.25) is 0 Å². The predicted molar refractivity (Wildman–Crippen MR) is 166 cm³/mol. The fourth-order valence-electron chi connectivity index (χ4n) is 4.55. The van der Waals surface area contributed by atoms with Gasteiger partial charge in [-0.3, -0.25) is 19.2 Å². The molecule has 0 aromatic heterocycles. The molecule has 4 amide bonds. The molecule has 1 aliphatic heterocycles. The van der Waals surface area contributed by atoms with Gasteiger partial charge in [0.1, 0.15) is 18.2 Å². The van der Waals surface area contributed by atoms with Crippen molar-refractivity contribution in [3.8, 4) is 0 Å². The Morgan fingerprint density at radius 1 is 1.09 bits per heavy atom. The summed E-state index contributed by atoms with van der Waals surface area (Å²) in [6, 6.07) is 5.32. The van der Waals surface area contributed by atoms with Crippen molar-refractivity contribution in [2.24, 2.45) is 5.92 Å². The smallest absolute Gasteiger partial charge is 0.246 e. The molecule has 2 rings (SSSR count). The Balaban J connectivity index is 2.12. The standard InChI is InChI=1S/C33H48N4O6/c1-23(2)14-10-7-5-4-6-8-13-17-29(40)37-30(31(41)25-15-11-9-12-16-25)33(43)36-27-22-26(38)20-21-34-28(39)19-18-24(3)35-32(27)42/h6,8-9,11-13,15-19,23-24,26-27,30-31,38,41H,4-5,7,10,14,20-22H2,1-3H3,(H,34,39)(H,35,42)(H,36,43)(H,37,40)/b8-6+,17-13+,19-18+/t24-,26-,27-,30-,31+/m0/s1. The van der Waals surface area contributed by atoms with Crippen molar-refractivity contribution in [2.45, 2.75) is 96.1 Å². The SMILES string of the molecule is CC(C)CCCCC/C=C/C=C/C(=O)N[C@H](C(=O)N[C@H]1C[C@@H](O)CCNC(=O)/C=C/[C@H](C)NC1=O)[C@H](O)c1ccccc1. The number of carbonyl (C=O) groups is 4. The van der Waals surface area contributed by atoms with Crippen LogP contribution >= 0.6 is 0 Å². The summed E-state index contributed by atoms with van der Waals surface area (Å²) in [7, 11) is 0. The minimum absolute atomic E-state index is 0.131. The van der Waals surface area contributed by atoms with Crippen LogP contribution in [0.4, 0.5) is 0 Å². The van der Waals surface area contributed by atoms with E-state index in [9.17, 15) is 29.4 Å². The van der Waals surface area contributed by atoms with Gasteiger partial charge in [-0.25, -0.2) is 0 Å². The van der Waals surface area contributed by atoms with E-state index >= 15 is 0 Å². The lowest BCUT2D eigenvalue weighted by atomic mass is 9.99. The van der Waals surface area contributed by atoms with Gasteiger partial charge in [-0.2, -0.15) is 0 Å². The molecule has 43 heavy (non-hydrogen) atoms. The molecule has 0 saturated heterocycles. The molecule has 10 heteroatoms. The number of carbonyl (C=O) groups excluding carboxylic acids is 4. The van der Waals surface area contributed by atoms with Gasteiger partial charge in [0.15, 0.2) is 0 Å². The predicted octanol–water partition coefficient (Wildman–Crippen LogP) is 2.74. The van der Waals surface area contributed by atoms with Crippen LogP contribution in [-0.2, 0) is 19.2 Å². The van der Waals surface area contributed by atoms with Crippen molar-refractivity contribution in [1.82, 2.24) is 21.3 Å². The summed E-state index contributed by atoms with van der Waals surface area (Å²) in [5, 5.41) is 32.1. The van der Waals surface area contributed by atoms with Gasteiger partial charge in [0, 0.05) is 31.2 Å². The van der Waals surface area contributed by atoms with Gasteiger partial charge in [-0.1, -0.05) is 87.7 Å². The normalized spacial score (nSPS) is 22.2. The maximum Gasteiger partial charge on any atom is 0.246 e. The number of aliphatic hydroxyl groups is 2. The molecule has 10 nitrogen and oxygen atoms in total. The van der Waals surface area contributed by atoms with E-state index in [0.29, 0.717) is 11.5 Å². The van der Waals surface area contributed by atoms with Gasteiger partial charge < -0.3 is 31.5 Å². The summed E-state index contributed by atoms with van der Waals surface area (Å²) in [6.07, 6.45) is 12.6. The highest BCUT2D eigenvalue weighted by Crippen LogP contribution is 2.18. The number of amides is 4. The largest absolute Gasteiger partial charge is 0.393 e. The number of aliphatic hydroxyl groups excluding tert-OH is 2. The second-order valence-corrected chi connectivity index (χ2v) is 11.3. The Kier molecular flexibility index (Phi) is 16.0. The van der Waals surface area contributed by atoms with Gasteiger partial charge in [0.25, 0.3) is 0 Å². The lowest BCUT2D eigenvalue weighted by molar-refractivity contribution is -0.134. The summed E-state index contributed by atoms with van der Waals surface area (Å²) in [6.45, 7) is 6.28. The van der Waals surface area contributed by atoms with E-state index < -0.39 is 48.1 Å². The third-order valence-electron chi connectivity index (χ3n) is 7.01. The van der Waals surface area contributed by atoms with Crippen LogP contribution in [0.1, 0.15) is 77.4 Å². The number of rotatable bonds is 13. The molecule has 236 valence electrons. The highest BCUT2D eigenvalue weighted by molar-refractivity contribution is 5.95. The van der Waals surface area contributed by atoms with Crippen molar-refractivity contribution in [3.05, 3.63) is 72.4 Å². The summed E-state index contributed by atoms with van der Waals surface area (Å²) >= 11 is 0. The highest BCUT2D eigenvalue weighted by atomic mass is 16.3. The van der Waals surface area contributed by atoms with Crippen molar-refractivity contribution in [1.29, 1.82) is 0 Å². The van der Waals surface area contributed by atoms with Gasteiger partial charge in [-0.15, -0.1) is 0 Å². The zero-order chi connectivity index (χ0) is 31.6. The molecular formula is C33H48N4O6. The molecule has 0 aliphatic carbocycles. The molecule has 5 atom stereocenters. The van der Waals surface area contributed by atoms with E-state index in [0.717, 1.165) is 19.3 Å². The first-order valence-corrected chi connectivity index (χ1v) is 15.2. The number of hydrogen-bond acceptors (Lipinski definition) is 6. The minimum atomic E-state index is -1.42.